The van der Waals surface area contributed by atoms with Crippen molar-refractivity contribution in [3.63, 3.8) is 0 Å². The molecule has 0 bridgehead atoms. The molecule has 4 aromatic heterocycles. The van der Waals surface area contributed by atoms with E-state index in [-0.39, 0.29) is 30.3 Å². The van der Waals surface area contributed by atoms with E-state index in [0.29, 0.717) is 0 Å². The molecule has 0 saturated heterocycles. The van der Waals surface area contributed by atoms with Crippen LogP contribution in [0.2, 0.25) is 0 Å². The van der Waals surface area contributed by atoms with Gasteiger partial charge in [-0.1, -0.05) is 4.98 Å². The van der Waals surface area contributed by atoms with Gasteiger partial charge in [-0.25, -0.2) is 4.68 Å². The lowest BCUT2D eigenvalue weighted by atomic mass is 10.3. The smallest absolute Gasteiger partial charge is 0.390 e. The molecule has 2 N–H and O–H groups in total. The minimum absolute atomic E-state index is 0.0169. The molecule has 0 atom stereocenters. The Balaban J connectivity index is 1.41. The number of aromatic nitrogens is 9. The predicted octanol–water partition coefficient (Wildman–Crippen LogP) is -0.462. The van der Waals surface area contributed by atoms with Gasteiger partial charge in [0.1, 0.15) is 5.69 Å². The van der Waals surface area contributed by atoms with Crippen LogP contribution in [0.3, 0.4) is 0 Å². The molecule has 4 aromatic rings. The standard InChI is InChI=1S/C17H18N12O4/c1-25-8-11(6-20-25)5-18-16(31)14-13(7-21-26(14)2)22-15(30)12-3-4-27(23-12)10-28-9-19-17(24-28)29(32)33/h3-4,6-9H,5,10H2,1-2H3,(H,18,31)(H,22,30). The molecule has 0 aliphatic carbocycles. The molecule has 170 valence electrons. The monoisotopic (exact) mass is 454 g/mol. The number of rotatable bonds is 8. The number of carbonyl (C=O) groups excluding carboxylic acids is 2. The average molecular weight is 454 g/mol. The predicted molar refractivity (Wildman–Crippen MR) is 110 cm³/mol. The first-order chi connectivity index (χ1) is 15.8. The van der Waals surface area contributed by atoms with E-state index in [0.717, 1.165) is 5.56 Å². The van der Waals surface area contributed by atoms with E-state index in [1.165, 1.54) is 38.8 Å². The van der Waals surface area contributed by atoms with Crippen LogP contribution in [0.4, 0.5) is 11.6 Å². The number of nitro groups is 1. The Morgan fingerprint density at radius 1 is 1.12 bits per heavy atom. The number of anilines is 1. The fourth-order valence-corrected chi connectivity index (χ4v) is 2.96. The number of nitrogens with one attached hydrogen (secondary N) is 2. The number of hydrogen-bond donors (Lipinski definition) is 2. The van der Waals surface area contributed by atoms with Crippen LogP contribution in [-0.4, -0.2) is 60.8 Å². The topological polar surface area (TPSA) is 186 Å². The van der Waals surface area contributed by atoms with Gasteiger partial charge in [0, 0.05) is 43.7 Å². The maximum Gasteiger partial charge on any atom is 0.491 e. The van der Waals surface area contributed by atoms with Gasteiger partial charge in [0.2, 0.25) is 6.33 Å². The molecule has 0 radical (unpaired) electrons. The Morgan fingerprint density at radius 3 is 2.64 bits per heavy atom. The Kier molecular flexibility index (Phi) is 5.62. The van der Waals surface area contributed by atoms with Gasteiger partial charge in [0.15, 0.2) is 12.4 Å². The van der Waals surface area contributed by atoms with Crippen LogP contribution in [0, 0.1) is 10.1 Å². The maximum atomic E-state index is 12.7. The molecule has 16 nitrogen and oxygen atoms in total. The summed E-state index contributed by atoms with van der Waals surface area (Å²) in [4.78, 5) is 38.8. The molecule has 0 aromatic carbocycles. The maximum absolute atomic E-state index is 12.7. The summed E-state index contributed by atoms with van der Waals surface area (Å²) in [6, 6.07) is 1.46. The molecular weight excluding hydrogens is 436 g/mol. The highest BCUT2D eigenvalue weighted by molar-refractivity contribution is 6.07. The molecular formula is C17H18N12O4. The van der Waals surface area contributed by atoms with Crippen molar-refractivity contribution in [2.45, 2.75) is 13.2 Å². The Morgan fingerprint density at radius 2 is 1.94 bits per heavy atom. The lowest BCUT2D eigenvalue weighted by Crippen LogP contribution is -2.26. The van der Waals surface area contributed by atoms with E-state index in [1.54, 1.807) is 31.2 Å². The number of amides is 2. The van der Waals surface area contributed by atoms with Gasteiger partial charge >= 0.3 is 5.95 Å². The van der Waals surface area contributed by atoms with Gasteiger partial charge < -0.3 is 20.7 Å². The van der Waals surface area contributed by atoms with Crippen molar-refractivity contribution >= 4 is 23.5 Å². The summed E-state index contributed by atoms with van der Waals surface area (Å²) >= 11 is 0. The van der Waals surface area contributed by atoms with Gasteiger partial charge in [-0.05, 0) is 11.0 Å². The first-order valence-electron chi connectivity index (χ1n) is 9.46. The summed E-state index contributed by atoms with van der Waals surface area (Å²) in [7, 11) is 3.36. The molecule has 0 unspecified atom stereocenters. The van der Waals surface area contributed by atoms with Crippen molar-refractivity contribution in [1.82, 2.24) is 49.4 Å². The fourth-order valence-electron chi connectivity index (χ4n) is 2.96. The summed E-state index contributed by atoms with van der Waals surface area (Å²) in [5.74, 6) is -1.52. The van der Waals surface area contributed by atoms with Crippen molar-refractivity contribution in [3.05, 3.63) is 64.2 Å². The number of carbonyl (C=O) groups is 2. The van der Waals surface area contributed by atoms with Gasteiger partial charge in [-0.2, -0.15) is 20.0 Å². The average Bonchev–Trinajstić information content (AvgIpc) is 3.55. The summed E-state index contributed by atoms with van der Waals surface area (Å²) in [5, 5.41) is 32.0. The van der Waals surface area contributed by atoms with Crippen LogP contribution in [0.25, 0.3) is 0 Å². The Hall–Kier alpha value is -4.89. The van der Waals surface area contributed by atoms with E-state index in [1.807, 2.05) is 0 Å². The highest BCUT2D eigenvalue weighted by Crippen LogP contribution is 2.15. The summed E-state index contributed by atoms with van der Waals surface area (Å²) in [5.41, 5.74) is 1.27. The molecule has 0 saturated carbocycles. The molecule has 0 aliphatic rings. The van der Waals surface area contributed by atoms with E-state index < -0.39 is 22.7 Å². The number of hydrogen-bond acceptors (Lipinski definition) is 9. The first kappa shape index (κ1) is 21.3. The second kappa shape index (κ2) is 8.69. The minimum Gasteiger partial charge on any atom is -0.390 e. The third-order valence-corrected chi connectivity index (χ3v) is 4.46. The second-order valence-corrected chi connectivity index (χ2v) is 6.91. The zero-order valence-corrected chi connectivity index (χ0v) is 17.5. The van der Waals surface area contributed by atoms with Crippen LogP contribution in [0.1, 0.15) is 26.5 Å². The van der Waals surface area contributed by atoms with E-state index in [2.05, 4.69) is 36.0 Å². The molecule has 16 heteroatoms. The van der Waals surface area contributed by atoms with Gasteiger partial charge in [0.05, 0.1) is 18.1 Å². The lowest BCUT2D eigenvalue weighted by Gasteiger charge is -2.08. The summed E-state index contributed by atoms with van der Waals surface area (Å²) in [6.07, 6.45) is 7.47. The molecule has 0 spiro atoms. The van der Waals surface area contributed by atoms with Gasteiger partial charge in [0.25, 0.3) is 11.8 Å². The third kappa shape index (κ3) is 4.73. The fraction of sp³-hybridized carbons (Fsp3) is 0.235. The first-order valence-corrected chi connectivity index (χ1v) is 9.46. The number of nitrogens with zero attached hydrogens (tertiary/aromatic N) is 10. The van der Waals surface area contributed by atoms with Crippen molar-refractivity contribution in [1.29, 1.82) is 0 Å². The second-order valence-electron chi connectivity index (χ2n) is 6.91. The molecule has 0 aliphatic heterocycles. The largest absolute Gasteiger partial charge is 0.491 e. The Labute approximate surface area is 185 Å². The van der Waals surface area contributed by atoms with Crippen LogP contribution in [0.5, 0.6) is 0 Å². The summed E-state index contributed by atoms with van der Waals surface area (Å²) in [6.45, 7) is 0.277. The van der Waals surface area contributed by atoms with Crippen molar-refractivity contribution in [2.24, 2.45) is 14.1 Å². The normalized spacial score (nSPS) is 10.8. The third-order valence-electron chi connectivity index (χ3n) is 4.46. The van der Waals surface area contributed by atoms with E-state index in [9.17, 15) is 19.7 Å². The van der Waals surface area contributed by atoms with Gasteiger partial charge in [-0.15, -0.1) is 0 Å². The number of aryl methyl sites for hydroxylation is 2. The van der Waals surface area contributed by atoms with Crippen LogP contribution < -0.4 is 10.6 Å². The van der Waals surface area contributed by atoms with Crippen LogP contribution in [-0.2, 0) is 27.3 Å². The van der Waals surface area contributed by atoms with Crippen LogP contribution >= 0.6 is 0 Å². The van der Waals surface area contributed by atoms with E-state index in [4.69, 9.17) is 0 Å². The molecule has 4 heterocycles. The van der Waals surface area contributed by atoms with E-state index >= 15 is 0 Å². The molecule has 33 heavy (non-hydrogen) atoms. The summed E-state index contributed by atoms with van der Waals surface area (Å²) < 4.78 is 5.54. The molecule has 4 rings (SSSR count). The highest BCUT2D eigenvalue weighted by atomic mass is 16.6. The molecule has 0 fully saturated rings. The van der Waals surface area contributed by atoms with Crippen molar-refractivity contribution in [3.8, 4) is 0 Å². The quantitative estimate of drug-likeness (QED) is 0.262. The molecule has 2 amide bonds. The minimum atomic E-state index is -0.711. The van der Waals surface area contributed by atoms with Crippen LogP contribution in [0.15, 0.2) is 37.2 Å². The van der Waals surface area contributed by atoms with Crippen molar-refractivity contribution < 1.29 is 14.5 Å². The highest BCUT2D eigenvalue weighted by Gasteiger charge is 2.21. The van der Waals surface area contributed by atoms with Gasteiger partial charge in [-0.3, -0.25) is 19.0 Å². The lowest BCUT2D eigenvalue weighted by molar-refractivity contribution is -0.394. The van der Waals surface area contributed by atoms with Crippen molar-refractivity contribution in [2.75, 3.05) is 5.32 Å². The zero-order valence-electron chi connectivity index (χ0n) is 17.5. The Bertz CT molecular complexity index is 1330. The zero-order chi connectivity index (χ0) is 23.5. The SMILES string of the molecule is Cn1cc(CNC(=O)c2c(NC(=O)c3ccn(Cn4cnc([N+](=O)[O-])n4)n3)cnn2C)cn1.